The van der Waals surface area contributed by atoms with Crippen molar-refractivity contribution < 1.29 is 14.0 Å². The number of amides is 3. The third-order valence-electron chi connectivity index (χ3n) is 3.87. The van der Waals surface area contributed by atoms with E-state index >= 15 is 0 Å². The molecule has 25 heavy (non-hydrogen) atoms. The molecule has 0 spiro atoms. The highest BCUT2D eigenvalue weighted by molar-refractivity contribution is 5.91. The van der Waals surface area contributed by atoms with Gasteiger partial charge in [-0.2, -0.15) is 0 Å². The van der Waals surface area contributed by atoms with Gasteiger partial charge in [-0.3, -0.25) is 4.79 Å². The molecule has 0 saturated carbocycles. The highest BCUT2D eigenvalue weighted by Gasteiger charge is 2.35. The molecular weight excluding hydrogens is 327 g/mol. The Morgan fingerprint density at radius 2 is 2.08 bits per heavy atom. The lowest BCUT2D eigenvalue weighted by atomic mass is 10.2. The van der Waals surface area contributed by atoms with Crippen LogP contribution in [0.5, 0.6) is 0 Å². The Bertz CT molecular complexity index is 603. The number of hydrogen-bond donors (Lipinski definition) is 2. The second-order valence-corrected chi connectivity index (χ2v) is 7.17. The van der Waals surface area contributed by atoms with E-state index in [2.05, 4.69) is 20.9 Å². The quantitative estimate of drug-likeness (QED) is 0.803. The summed E-state index contributed by atoms with van der Waals surface area (Å²) in [5.74, 6) is 0.0195. The van der Waals surface area contributed by atoms with E-state index in [-0.39, 0.29) is 42.7 Å². The summed E-state index contributed by atoms with van der Waals surface area (Å²) in [6.45, 7) is 8.63. The number of likely N-dealkylation sites (tertiary alicyclic amines) is 1. The molecule has 2 atom stereocenters. The molecular formula is C16H27FN6O2. The summed E-state index contributed by atoms with van der Waals surface area (Å²) in [7, 11) is 0. The zero-order valence-corrected chi connectivity index (χ0v) is 15.2. The fourth-order valence-electron chi connectivity index (χ4n) is 2.72. The first-order valence-corrected chi connectivity index (χ1v) is 8.65. The van der Waals surface area contributed by atoms with Crippen molar-refractivity contribution >= 4 is 11.9 Å². The van der Waals surface area contributed by atoms with Gasteiger partial charge in [-0.25, -0.2) is 13.9 Å². The molecule has 1 fully saturated rings. The van der Waals surface area contributed by atoms with E-state index < -0.39 is 6.17 Å². The SMILES string of the molecule is CC(C)CNC(=O)N1CC(F)CC1Cn1cc(C(=O)NC(C)C)nn1. The highest BCUT2D eigenvalue weighted by Crippen LogP contribution is 2.22. The van der Waals surface area contributed by atoms with Crippen molar-refractivity contribution in [3.05, 3.63) is 11.9 Å². The number of aromatic nitrogens is 3. The lowest BCUT2D eigenvalue weighted by Crippen LogP contribution is -2.45. The van der Waals surface area contributed by atoms with Crippen LogP contribution in [0, 0.1) is 5.92 Å². The predicted molar refractivity (Wildman–Crippen MR) is 90.9 cm³/mol. The zero-order valence-electron chi connectivity index (χ0n) is 15.2. The average molecular weight is 354 g/mol. The van der Waals surface area contributed by atoms with Crippen LogP contribution in [0.1, 0.15) is 44.6 Å². The number of rotatable bonds is 6. The van der Waals surface area contributed by atoms with E-state index in [1.54, 1.807) is 0 Å². The Kier molecular flexibility index (Phi) is 6.33. The molecule has 2 unspecified atom stereocenters. The molecule has 2 rings (SSSR count). The molecule has 8 nitrogen and oxygen atoms in total. The molecule has 140 valence electrons. The van der Waals surface area contributed by atoms with Gasteiger partial charge in [-0.1, -0.05) is 19.1 Å². The fourth-order valence-corrected chi connectivity index (χ4v) is 2.72. The Morgan fingerprint density at radius 3 is 2.72 bits per heavy atom. The zero-order chi connectivity index (χ0) is 18.6. The van der Waals surface area contributed by atoms with E-state index in [0.717, 1.165) is 0 Å². The number of carbonyl (C=O) groups is 2. The van der Waals surface area contributed by atoms with Crippen LogP contribution in [0.15, 0.2) is 6.20 Å². The molecule has 1 aliphatic heterocycles. The van der Waals surface area contributed by atoms with Gasteiger partial charge in [-0.05, 0) is 19.8 Å². The summed E-state index contributed by atoms with van der Waals surface area (Å²) in [4.78, 5) is 25.7. The molecule has 2 N–H and O–H groups in total. The van der Waals surface area contributed by atoms with Crippen molar-refractivity contribution in [3.63, 3.8) is 0 Å². The molecule has 0 aliphatic carbocycles. The number of nitrogens with zero attached hydrogens (tertiary/aromatic N) is 4. The summed E-state index contributed by atoms with van der Waals surface area (Å²) >= 11 is 0. The smallest absolute Gasteiger partial charge is 0.317 e. The Hall–Kier alpha value is -2.19. The van der Waals surface area contributed by atoms with Gasteiger partial charge in [-0.15, -0.1) is 5.10 Å². The minimum absolute atomic E-state index is 0.0000717. The van der Waals surface area contributed by atoms with Gasteiger partial charge in [0.1, 0.15) is 6.17 Å². The number of alkyl halides is 1. The van der Waals surface area contributed by atoms with Crippen LogP contribution < -0.4 is 10.6 Å². The summed E-state index contributed by atoms with van der Waals surface area (Å²) < 4.78 is 15.3. The van der Waals surface area contributed by atoms with E-state index in [4.69, 9.17) is 0 Å². The predicted octanol–water partition coefficient (Wildman–Crippen LogP) is 1.19. The summed E-state index contributed by atoms with van der Waals surface area (Å²) in [6, 6.07) is -0.582. The third kappa shape index (κ3) is 5.40. The second kappa shape index (κ2) is 8.26. The monoisotopic (exact) mass is 354 g/mol. The van der Waals surface area contributed by atoms with Crippen molar-refractivity contribution in [3.8, 4) is 0 Å². The molecule has 2 heterocycles. The molecule has 1 saturated heterocycles. The van der Waals surface area contributed by atoms with Crippen LogP contribution in [0.2, 0.25) is 0 Å². The van der Waals surface area contributed by atoms with E-state index in [9.17, 15) is 14.0 Å². The largest absolute Gasteiger partial charge is 0.348 e. The van der Waals surface area contributed by atoms with E-state index in [0.29, 0.717) is 19.0 Å². The number of hydrogen-bond acceptors (Lipinski definition) is 4. The van der Waals surface area contributed by atoms with Crippen LogP contribution in [0.3, 0.4) is 0 Å². The topological polar surface area (TPSA) is 92.2 Å². The minimum atomic E-state index is -1.05. The molecule has 1 aliphatic rings. The average Bonchev–Trinajstić information content (AvgIpc) is 3.11. The third-order valence-corrected chi connectivity index (χ3v) is 3.87. The van der Waals surface area contributed by atoms with Crippen molar-refractivity contribution in [2.45, 2.75) is 58.9 Å². The van der Waals surface area contributed by atoms with Gasteiger partial charge in [0.15, 0.2) is 5.69 Å². The van der Waals surface area contributed by atoms with Crippen LogP contribution in [0.25, 0.3) is 0 Å². The molecule has 1 aromatic heterocycles. The van der Waals surface area contributed by atoms with Gasteiger partial charge in [0.25, 0.3) is 5.91 Å². The lowest BCUT2D eigenvalue weighted by Gasteiger charge is -2.24. The van der Waals surface area contributed by atoms with Gasteiger partial charge >= 0.3 is 6.03 Å². The second-order valence-electron chi connectivity index (χ2n) is 7.17. The number of nitrogens with one attached hydrogen (secondary N) is 2. The molecule has 1 aromatic rings. The van der Waals surface area contributed by atoms with Crippen LogP contribution in [-0.2, 0) is 6.54 Å². The van der Waals surface area contributed by atoms with Gasteiger partial charge in [0, 0.05) is 19.0 Å². The number of urea groups is 1. The molecule has 0 radical (unpaired) electrons. The molecule has 9 heteroatoms. The summed E-state index contributed by atoms with van der Waals surface area (Å²) in [6.07, 6.45) is 0.720. The van der Waals surface area contributed by atoms with Crippen LogP contribution in [0.4, 0.5) is 9.18 Å². The number of halogens is 1. The number of carbonyl (C=O) groups excluding carboxylic acids is 2. The summed E-state index contributed by atoms with van der Waals surface area (Å²) in [5.41, 5.74) is 0.208. The summed E-state index contributed by atoms with van der Waals surface area (Å²) in [5, 5.41) is 13.3. The standard InChI is InChI=1S/C16H27FN6O2/c1-10(2)6-18-16(25)23-7-12(17)5-13(23)8-22-9-14(20-21-22)15(24)19-11(3)4/h9-13H,5-8H2,1-4H3,(H,18,25)(H,19,24). The first-order chi connectivity index (χ1) is 11.8. The van der Waals surface area contributed by atoms with Gasteiger partial charge in [0.2, 0.25) is 0 Å². The van der Waals surface area contributed by atoms with Crippen molar-refractivity contribution in [1.29, 1.82) is 0 Å². The molecule has 3 amide bonds. The van der Waals surface area contributed by atoms with E-state index in [1.165, 1.54) is 15.8 Å². The Balaban J connectivity index is 1.99. The first kappa shape index (κ1) is 19.1. The van der Waals surface area contributed by atoms with Crippen molar-refractivity contribution in [2.75, 3.05) is 13.1 Å². The molecule has 0 aromatic carbocycles. The maximum Gasteiger partial charge on any atom is 0.317 e. The Morgan fingerprint density at radius 1 is 1.36 bits per heavy atom. The van der Waals surface area contributed by atoms with E-state index in [1.807, 2.05) is 27.7 Å². The minimum Gasteiger partial charge on any atom is -0.348 e. The van der Waals surface area contributed by atoms with Crippen LogP contribution in [-0.4, -0.2) is 63.2 Å². The van der Waals surface area contributed by atoms with Gasteiger partial charge in [0.05, 0.1) is 25.3 Å². The first-order valence-electron chi connectivity index (χ1n) is 8.65. The van der Waals surface area contributed by atoms with Crippen molar-refractivity contribution in [1.82, 2.24) is 30.5 Å². The maximum absolute atomic E-state index is 13.8. The lowest BCUT2D eigenvalue weighted by molar-refractivity contribution is 0.0938. The Labute approximate surface area is 147 Å². The highest BCUT2D eigenvalue weighted by atomic mass is 19.1. The maximum atomic E-state index is 13.8. The van der Waals surface area contributed by atoms with Crippen LogP contribution >= 0.6 is 0 Å². The van der Waals surface area contributed by atoms with Crippen molar-refractivity contribution in [2.24, 2.45) is 5.92 Å². The van der Waals surface area contributed by atoms with Gasteiger partial charge < -0.3 is 15.5 Å². The normalized spacial score (nSPS) is 20.4. The fraction of sp³-hybridized carbons (Fsp3) is 0.750. The molecule has 0 bridgehead atoms.